The average Bonchev–Trinajstić information content (AvgIpc) is 3.39. The van der Waals surface area contributed by atoms with E-state index < -0.39 is 34.0 Å². The minimum atomic E-state index is -3.83. The van der Waals surface area contributed by atoms with Crippen molar-refractivity contribution in [3.63, 3.8) is 0 Å². The lowest BCUT2D eigenvalue weighted by molar-refractivity contribution is -0.116. The Hall–Kier alpha value is -4.62. The zero-order valence-electron chi connectivity index (χ0n) is 25.9. The number of aromatic amines is 1. The summed E-state index contributed by atoms with van der Waals surface area (Å²) in [6.45, 7) is -0.0173. The zero-order chi connectivity index (χ0) is 33.0. The van der Waals surface area contributed by atoms with Gasteiger partial charge in [-0.15, -0.1) is 0 Å². The Balaban J connectivity index is 1.27. The van der Waals surface area contributed by atoms with Crippen molar-refractivity contribution in [2.45, 2.75) is 37.8 Å². The molecule has 2 unspecified atom stereocenters. The lowest BCUT2D eigenvalue weighted by Gasteiger charge is -2.40. The third-order valence-corrected chi connectivity index (χ3v) is 9.31. The number of aromatic nitrogens is 1. The molecule has 5 rings (SSSR count). The number of hydrogen-bond donors (Lipinski definition) is 4. The van der Waals surface area contributed by atoms with Gasteiger partial charge in [0.15, 0.2) is 0 Å². The Labute approximate surface area is 267 Å². The van der Waals surface area contributed by atoms with Crippen LogP contribution in [0, 0.1) is 5.82 Å². The van der Waals surface area contributed by atoms with E-state index in [2.05, 4.69) is 15.6 Å². The van der Waals surface area contributed by atoms with Gasteiger partial charge in [-0.3, -0.25) is 4.79 Å². The number of sulfonamides is 1. The zero-order valence-corrected chi connectivity index (χ0v) is 26.7. The number of nitrogens with zero attached hydrogens (tertiary/aromatic N) is 2. The second-order valence-corrected chi connectivity index (χ2v) is 13.4. The Morgan fingerprint density at radius 2 is 1.80 bits per heavy atom. The number of carbonyl (C=O) groups is 2. The van der Waals surface area contributed by atoms with Crippen molar-refractivity contribution < 1.29 is 32.2 Å². The number of alkyl carbamates (subject to hydrolysis) is 1. The fourth-order valence-electron chi connectivity index (χ4n) is 5.89. The topological polar surface area (TPSA) is 144 Å². The highest BCUT2D eigenvalue weighted by atomic mass is 32.2. The van der Waals surface area contributed by atoms with E-state index in [-0.39, 0.29) is 37.6 Å². The quantitative estimate of drug-likeness (QED) is 0.134. The maximum atomic E-state index is 15.1. The summed E-state index contributed by atoms with van der Waals surface area (Å²) in [6, 6.07) is 17.2. The molecule has 11 nitrogen and oxygen atoms in total. The molecular formula is C33H38FN5O6S. The van der Waals surface area contributed by atoms with E-state index in [0.29, 0.717) is 46.3 Å². The van der Waals surface area contributed by atoms with Crippen molar-refractivity contribution in [3.8, 4) is 5.75 Å². The molecule has 4 N–H and O–H groups in total. The number of amides is 2. The smallest absolute Gasteiger partial charge is 0.407 e. The Kier molecular flexibility index (Phi) is 9.82. The van der Waals surface area contributed by atoms with Crippen molar-refractivity contribution in [2.75, 3.05) is 43.7 Å². The van der Waals surface area contributed by atoms with Gasteiger partial charge in [0, 0.05) is 55.4 Å². The van der Waals surface area contributed by atoms with Gasteiger partial charge in [0.2, 0.25) is 15.9 Å². The molecule has 3 aromatic carbocycles. The predicted octanol–water partition coefficient (Wildman–Crippen LogP) is 4.89. The largest absolute Gasteiger partial charge is 0.506 e. The number of anilines is 2. The maximum Gasteiger partial charge on any atom is 0.407 e. The first-order valence-corrected chi connectivity index (χ1v) is 16.8. The molecule has 2 atom stereocenters. The molecule has 46 heavy (non-hydrogen) atoms. The van der Waals surface area contributed by atoms with E-state index in [0.717, 1.165) is 11.9 Å². The molecule has 1 aromatic heterocycles. The molecule has 2 heterocycles. The van der Waals surface area contributed by atoms with Gasteiger partial charge in [-0.2, -0.15) is 4.31 Å². The number of nitrogens with one attached hydrogen (secondary N) is 3. The van der Waals surface area contributed by atoms with Crippen LogP contribution in [0.1, 0.15) is 42.1 Å². The summed E-state index contributed by atoms with van der Waals surface area (Å²) in [7, 11) is -0.0119. The molecule has 0 spiro atoms. The van der Waals surface area contributed by atoms with Gasteiger partial charge >= 0.3 is 6.09 Å². The molecule has 244 valence electrons. The van der Waals surface area contributed by atoms with Crippen molar-refractivity contribution in [3.05, 3.63) is 89.4 Å². The van der Waals surface area contributed by atoms with Gasteiger partial charge in [-0.1, -0.05) is 30.3 Å². The summed E-state index contributed by atoms with van der Waals surface area (Å²) in [6.07, 6.45) is 1.61. The van der Waals surface area contributed by atoms with Gasteiger partial charge in [-0.05, 0) is 66.8 Å². The summed E-state index contributed by atoms with van der Waals surface area (Å²) in [5.74, 6) is -0.712. The maximum absolute atomic E-state index is 15.1. The lowest BCUT2D eigenvalue weighted by Crippen LogP contribution is -2.52. The van der Waals surface area contributed by atoms with Gasteiger partial charge in [0.05, 0.1) is 24.6 Å². The van der Waals surface area contributed by atoms with Crippen molar-refractivity contribution in [2.24, 2.45) is 0 Å². The second-order valence-electron chi connectivity index (χ2n) is 11.6. The van der Waals surface area contributed by atoms with Crippen LogP contribution in [0.5, 0.6) is 5.75 Å². The highest BCUT2D eigenvalue weighted by Crippen LogP contribution is 2.43. The van der Waals surface area contributed by atoms with Crippen LogP contribution in [0.15, 0.2) is 66.7 Å². The van der Waals surface area contributed by atoms with Crippen LogP contribution in [0.4, 0.5) is 20.6 Å². The van der Waals surface area contributed by atoms with Gasteiger partial charge in [0.25, 0.3) is 0 Å². The first kappa shape index (κ1) is 32.8. The number of rotatable bonds is 11. The fraction of sp³-hybridized carbons (Fsp3) is 0.333. The molecule has 0 saturated heterocycles. The fourth-order valence-corrected chi connectivity index (χ4v) is 7.19. The molecular weight excluding hydrogens is 613 g/mol. The van der Waals surface area contributed by atoms with E-state index in [1.54, 1.807) is 30.3 Å². The van der Waals surface area contributed by atoms with Crippen LogP contribution < -0.4 is 15.5 Å². The molecule has 0 fully saturated rings. The summed E-state index contributed by atoms with van der Waals surface area (Å²) < 4.78 is 48.6. The van der Waals surface area contributed by atoms with Crippen LogP contribution in [0.25, 0.3) is 10.9 Å². The molecule has 4 aromatic rings. The van der Waals surface area contributed by atoms with Crippen molar-refractivity contribution in [1.29, 1.82) is 0 Å². The minimum absolute atomic E-state index is 0.0251. The first-order valence-electron chi connectivity index (χ1n) is 15.0. The second kappa shape index (κ2) is 13.8. The number of fused-ring (bicyclic) bond motifs is 3. The molecule has 13 heteroatoms. The number of hydrogen-bond acceptors (Lipinski definition) is 7. The molecule has 0 bridgehead atoms. The van der Waals surface area contributed by atoms with E-state index in [1.165, 1.54) is 16.4 Å². The van der Waals surface area contributed by atoms with E-state index in [9.17, 15) is 23.1 Å². The number of ether oxygens (including phenoxy) is 1. The first-order chi connectivity index (χ1) is 21.9. The number of benzene rings is 3. The number of unbranched alkanes of at least 4 members (excludes halogenated alkanes) is 1. The average molecular weight is 652 g/mol. The number of H-pyrrole nitrogens is 1. The molecule has 0 aliphatic carbocycles. The van der Waals surface area contributed by atoms with Crippen LogP contribution in [0.2, 0.25) is 0 Å². The molecule has 0 radical (unpaired) electrons. The Bertz CT molecular complexity index is 1830. The number of carbonyl (C=O) groups excluding carboxylic acids is 2. The summed E-state index contributed by atoms with van der Waals surface area (Å²) in [5.41, 5.74) is 3.78. The van der Waals surface area contributed by atoms with Crippen LogP contribution in [-0.4, -0.2) is 74.4 Å². The molecule has 1 aliphatic rings. The summed E-state index contributed by atoms with van der Waals surface area (Å²) >= 11 is 0. The van der Waals surface area contributed by atoms with E-state index in [1.807, 2.05) is 43.3 Å². The Morgan fingerprint density at radius 1 is 1.07 bits per heavy atom. The van der Waals surface area contributed by atoms with Gasteiger partial charge in [0.1, 0.15) is 11.6 Å². The molecule has 0 saturated carbocycles. The third-order valence-electron chi connectivity index (χ3n) is 8.04. The monoisotopic (exact) mass is 651 g/mol. The minimum Gasteiger partial charge on any atom is -0.506 e. The lowest BCUT2D eigenvalue weighted by atomic mass is 9.90. The predicted molar refractivity (Wildman–Crippen MR) is 175 cm³/mol. The summed E-state index contributed by atoms with van der Waals surface area (Å²) in [5, 5.41) is 15.5. The molecule has 1 aliphatic heterocycles. The van der Waals surface area contributed by atoms with Gasteiger partial charge < -0.3 is 30.4 Å². The van der Waals surface area contributed by atoms with Crippen LogP contribution in [-0.2, 0) is 26.0 Å². The number of aromatic hydroxyl groups is 1. The van der Waals surface area contributed by atoms with Crippen LogP contribution in [0.3, 0.4) is 0 Å². The number of phenols is 1. The van der Waals surface area contributed by atoms with Crippen LogP contribution >= 0.6 is 0 Å². The van der Waals surface area contributed by atoms with Crippen molar-refractivity contribution in [1.82, 2.24) is 14.6 Å². The molecule has 2 amide bonds. The Morgan fingerprint density at radius 3 is 2.50 bits per heavy atom. The normalized spacial score (nSPS) is 16.5. The number of halogens is 1. The van der Waals surface area contributed by atoms with Crippen molar-refractivity contribution >= 4 is 44.3 Å². The number of phenolic OH excluding ortho intramolecular Hbond substituents is 1. The SMILES string of the molecule is CN(C)c1ccc(C2c3[nH]c4cccc(F)c4c3CC(CNC(=O)OCCCCC(=O)Nc3ccccc3O)N2S(C)(=O)=O)cc1. The third kappa shape index (κ3) is 7.26. The van der Waals surface area contributed by atoms with E-state index in [4.69, 9.17) is 4.74 Å². The standard InChI is InChI=1S/C33H38FN5O6S/c1-38(2)22-16-14-21(15-17-22)32-31-24(30-25(34)9-8-11-27(30)37-31)19-23(39(32)46(3,43)44)20-35-33(42)45-18-7-6-13-29(41)36-26-10-4-5-12-28(26)40/h4-5,8-12,14-17,23,32,37,40H,6-7,13,18-20H2,1-3H3,(H,35,42)(H,36,41). The van der Waals surface area contributed by atoms with Gasteiger partial charge in [-0.25, -0.2) is 17.6 Å². The highest BCUT2D eigenvalue weighted by molar-refractivity contribution is 7.88. The van der Waals surface area contributed by atoms with E-state index >= 15 is 4.39 Å². The summed E-state index contributed by atoms with van der Waals surface area (Å²) in [4.78, 5) is 30.0. The highest BCUT2D eigenvalue weighted by Gasteiger charge is 2.43. The number of para-hydroxylation sites is 2.